The molecule has 92 valence electrons. The number of nitrogens with zero attached hydrogens (tertiary/aromatic N) is 1. The first-order valence-corrected chi connectivity index (χ1v) is 4.73. The van der Waals surface area contributed by atoms with Gasteiger partial charge >= 0.3 is 0 Å². The van der Waals surface area contributed by atoms with E-state index in [4.69, 9.17) is 4.74 Å². The van der Waals surface area contributed by atoms with Crippen molar-refractivity contribution in [3.8, 4) is 0 Å². The normalized spacial score (nSPS) is 11.9. The molecule has 0 saturated carbocycles. The number of carbonyl (C=O) groups excluding carboxylic acids is 1. The van der Waals surface area contributed by atoms with Gasteiger partial charge in [0.05, 0.1) is 4.92 Å². The fraction of sp³-hybridized carbons (Fsp3) is 0.300. The quantitative estimate of drug-likeness (QED) is 0.643. The van der Waals surface area contributed by atoms with Crippen LogP contribution in [0, 0.1) is 15.9 Å². The molecule has 6 nitrogen and oxygen atoms in total. The predicted molar refractivity (Wildman–Crippen MR) is 58.2 cm³/mol. The van der Waals surface area contributed by atoms with E-state index in [0.29, 0.717) is 0 Å². The fourth-order valence-electron chi connectivity index (χ4n) is 1.11. The van der Waals surface area contributed by atoms with Crippen molar-refractivity contribution in [2.45, 2.75) is 13.0 Å². The molecule has 1 aromatic rings. The van der Waals surface area contributed by atoms with Crippen LogP contribution < -0.4 is 5.32 Å². The van der Waals surface area contributed by atoms with Gasteiger partial charge in [-0.3, -0.25) is 14.9 Å². The van der Waals surface area contributed by atoms with E-state index >= 15 is 0 Å². The summed E-state index contributed by atoms with van der Waals surface area (Å²) in [4.78, 5) is 21.4. The molecule has 0 radical (unpaired) electrons. The van der Waals surface area contributed by atoms with E-state index in [1.807, 2.05) is 0 Å². The molecule has 7 heteroatoms. The molecular formula is C10H11FN2O4. The summed E-state index contributed by atoms with van der Waals surface area (Å²) >= 11 is 0. The van der Waals surface area contributed by atoms with Crippen molar-refractivity contribution in [1.29, 1.82) is 0 Å². The van der Waals surface area contributed by atoms with Gasteiger partial charge in [-0.1, -0.05) is 0 Å². The van der Waals surface area contributed by atoms with Crippen molar-refractivity contribution >= 4 is 17.3 Å². The first-order chi connectivity index (χ1) is 7.95. The van der Waals surface area contributed by atoms with Crippen LogP contribution in [0.15, 0.2) is 18.2 Å². The smallest absolute Gasteiger partial charge is 0.292 e. The van der Waals surface area contributed by atoms with Crippen molar-refractivity contribution in [2.24, 2.45) is 0 Å². The number of halogens is 1. The lowest BCUT2D eigenvalue weighted by Gasteiger charge is -2.10. The summed E-state index contributed by atoms with van der Waals surface area (Å²) < 4.78 is 17.7. The highest BCUT2D eigenvalue weighted by molar-refractivity contribution is 5.95. The van der Waals surface area contributed by atoms with Crippen LogP contribution >= 0.6 is 0 Å². The number of anilines is 1. The van der Waals surface area contributed by atoms with Crippen LogP contribution in [0.3, 0.4) is 0 Å². The number of nitro benzene ring substituents is 1. The van der Waals surface area contributed by atoms with Crippen molar-refractivity contribution < 1.29 is 18.8 Å². The third-order valence-electron chi connectivity index (χ3n) is 2.14. The molecule has 1 unspecified atom stereocenters. The Bertz CT molecular complexity index is 450. The second kappa shape index (κ2) is 5.35. The van der Waals surface area contributed by atoms with Gasteiger partial charge in [-0.25, -0.2) is 4.39 Å². The van der Waals surface area contributed by atoms with Crippen molar-refractivity contribution in [2.75, 3.05) is 12.4 Å². The maximum atomic E-state index is 12.9. The second-order valence-electron chi connectivity index (χ2n) is 3.29. The first-order valence-electron chi connectivity index (χ1n) is 4.73. The largest absolute Gasteiger partial charge is 0.372 e. The van der Waals surface area contributed by atoms with Crippen molar-refractivity contribution in [1.82, 2.24) is 0 Å². The van der Waals surface area contributed by atoms with Crippen LogP contribution in [-0.4, -0.2) is 24.0 Å². The standard InChI is InChI=1S/C10H11FN2O4/c1-6(17-2)10(14)12-8-5-7(11)3-4-9(8)13(15)16/h3-6H,1-2H3,(H,12,14). The summed E-state index contributed by atoms with van der Waals surface area (Å²) in [5.41, 5.74) is -0.563. The zero-order valence-corrected chi connectivity index (χ0v) is 9.27. The van der Waals surface area contributed by atoms with E-state index in [1.54, 1.807) is 0 Å². The van der Waals surface area contributed by atoms with Gasteiger partial charge in [0.15, 0.2) is 0 Å². The van der Waals surface area contributed by atoms with Crippen LogP contribution in [0.1, 0.15) is 6.92 Å². The van der Waals surface area contributed by atoms with Crippen LogP contribution in [0.25, 0.3) is 0 Å². The van der Waals surface area contributed by atoms with E-state index in [1.165, 1.54) is 14.0 Å². The molecular weight excluding hydrogens is 231 g/mol. The van der Waals surface area contributed by atoms with E-state index < -0.39 is 22.8 Å². The van der Waals surface area contributed by atoms with Crippen molar-refractivity contribution in [3.05, 3.63) is 34.1 Å². The van der Waals surface area contributed by atoms with E-state index in [9.17, 15) is 19.3 Å². The zero-order chi connectivity index (χ0) is 13.0. The van der Waals surface area contributed by atoms with Gasteiger partial charge < -0.3 is 10.1 Å². The topological polar surface area (TPSA) is 81.5 Å². The number of nitrogens with one attached hydrogen (secondary N) is 1. The molecule has 0 fully saturated rings. The second-order valence-corrected chi connectivity index (χ2v) is 3.29. The third-order valence-corrected chi connectivity index (χ3v) is 2.14. The lowest BCUT2D eigenvalue weighted by molar-refractivity contribution is -0.384. The molecule has 1 aromatic carbocycles. The number of benzene rings is 1. The molecule has 0 aliphatic heterocycles. The Hall–Kier alpha value is -2.02. The maximum Gasteiger partial charge on any atom is 0.292 e. The number of carbonyl (C=O) groups is 1. The molecule has 0 aliphatic carbocycles. The summed E-state index contributed by atoms with van der Waals surface area (Å²) in [6, 6.07) is 2.83. The minimum absolute atomic E-state index is 0.191. The average Bonchev–Trinajstić information content (AvgIpc) is 2.27. The van der Waals surface area contributed by atoms with E-state index in [2.05, 4.69) is 5.32 Å². The Labute approximate surface area is 96.5 Å². The molecule has 1 amide bonds. The Morgan fingerprint density at radius 2 is 2.24 bits per heavy atom. The Balaban J connectivity index is 3.00. The van der Waals surface area contributed by atoms with Gasteiger partial charge in [0, 0.05) is 19.2 Å². The highest BCUT2D eigenvalue weighted by Crippen LogP contribution is 2.25. The first kappa shape index (κ1) is 13.0. The van der Waals surface area contributed by atoms with Crippen LogP contribution in [0.2, 0.25) is 0 Å². The number of hydrogen-bond acceptors (Lipinski definition) is 4. The van der Waals surface area contributed by atoms with E-state index in [-0.39, 0.29) is 11.4 Å². The number of amides is 1. The van der Waals surface area contributed by atoms with Crippen molar-refractivity contribution in [3.63, 3.8) is 0 Å². The minimum Gasteiger partial charge on any atom is -0.372 e. The molecule has 0 aromatic heterocycles. The van der Waals surface area contributed by atoms with Gasteiger partial charge in [-0.2, -0.15) is 0 Å². The molecule has 0 aliphatic rings. The number of nitro groups is 1. The molecule has 1 atom stereocenters. The highest BCUT2D eigenvalue weighted by Gasteiger charge is 2.19. The summed E-state index contributed by atoms with van der Waals surface area (Å²) in [6.07, 6.45) is -0.780. The number of hydrogen-bond donors (Lipinski definition) is 1. The summed E-state index contributed by atoms with van der Waals surface area (Å²) in [7, 11) is 1.32. The van der Waals surface area contributed by atoms with Gasteiger partial charge in [0.25, 0.3) is 11.6 Å². The van der Waals surface area contributed by atoms with Crippen LogP contribution in [0.5, 0.6) is 0 Å². The molecule has 0 spiro atoms. The Kier molecular flexibility index (Phi) is 4.11. The summed E-state index contributed by atoms with van der Waals surface area (Å²) in [5.74, 6) is -1.25. The highest BCUT2D eigenvalue weighted by atomic mass is 19.1. The monoisotopic (exact) mass is 242 g/mol. The lowest BCUT2D eigenvalue weighted by Crippen LogP contribution is -2.26. The predicted octanol–water partition coefficient (Wildman–Crippen LogP) is 1.71. The summed E-state index contributed by atoms with van der Waals surface area (Å²) in [6.45, 7) is 1.47. The van der Waals surface area contributed by atoms with Gasteiger partial charge in [-0.05, 0) is 13.0 Å². The lowest BCUT2D eigenvalue weighted by atomic mass is 10.2. The fourth-order valence-corrected chi connectivity index (χ4v) is 1.11. The van der Waals surface area contributed by atoms with Gasteiger partial charge in [0.1, 0.15) is 17.6 Å². The molecule has 0 heterocycles. The molecule has 0 bridgehead atoms. The van der Waals surface area contributed by atoms with Crippen LogP contribution in [-0.2, 0) is 9.53 Å². The number of rotatable bonds is 4. The van der Waals surface area contributed by atoms with Gasteiger partial charge in [-0.15, -0.1) is 0 Å². The average molecular weight is 242 g/mol. The molecule has 1 N–H and O–H groups in total. The minimum atomic E-state index is -0.780. The Morgan fingerprint density at radius 1 is 1.59 bits per heavy atom. The zero-order valence-electron chi connectivity index (χ0n) is 9.27. The SMILES string of the molecule is COC(C)C(=O)Nc1cc(F)ccc1[N+](=O)[O-]. The third kappa shape index (κ3) is 3.22. The number of ether oxygens (including phenoxy) is 1. The molecule has 1 rings (SSSR count). The molecule has 0 saturated heterocycles. The summed E-state index contributed by atoms with van der Waals surface area (Å²) in [5, 5.41) is 12.9. The van der Waals surface area contributed by atoms with E-state index in [0.717, 1.165) is 18.2 Å². The van der Waals surface area contributed by atoms with Crippen LogP contribution in [0.4, 0.5) is 15.8 Å². The Morgan fingerprint density at radius 3 is 2.76 bits per heavy atom. The number of methoxy groups -OCH3 is 1. The van der Waals surface area contributed by atoms with Gasteiger partial charge in [0.2, 0.25) is 0 Å². The molecule has 17 heavy (non-hydrogen) atoms. The maximum absolute atomic E-state index is 12.9.